The molecule has 0 saturated carbocycles. The van der Waals surface area contributed by atoms with Crippen molar-refractivity contribution in [1.29, 1.82) is 0 Å². The smallest absolute Gasteiger partial charge is 0.270 e. The van der Waals surface area contributed by atoms with Gasteiger partial charge in [-0.05, 0) is 22.0 Å². The van der Waals surface area contributed by atoms with Gasteiger partial charge in [-0.1, -0.05) is 0 Å². The summed E-state index contributed by atoms with van der Waals surface area (Å²) in [7, 11) is 0. The zero-order chi connectivity index (χ0) is 10.8. The van der Waals surface area contributed by atoms with Gasteiger partial charge in [-0.2, -0.15) is 0 Å². The van der Waals surface area contributed by atoms with Crippen molar-refractivity contribution in [2.75, 3.05) is 0 Å². The zero-order valence-electron chi connectivity index (χ0n) is 7.25. The van der Waals surface area contributed by atoms with E-state index < -0.39 is 4.92 Å². The van der Waals surface area contributed by atoms with Crippen LogP contribution in [0.1, 0.15) is 0 Å². The fourth-order valence-corrected chi connectivity index (χ4v) is 1.62. The van der Waals surface area contributed by atoms with Crippen LogP contribution in [0.5, 0.6) is 0 Å². The van der Waals surface area contributed by atoms with Gasteiger partial charge in [-0.15, -0.1) is 10.2 Å². The molecule has 1 heterocycles. The highest BCUT2D eigenvalue weighted by atomic mass is 79.9. The molecule has 0 fully saturated rings. The largest absolute Gasteiger partial charge is 0.423 e. The third kappa shape index (κ3) is 1.86. The van der Waals surface area contributed by atoms with Gasteiger partial charge < -0.3 is 4.42 Å². The van der Waals surface area contributed by atoms with Crippen LogP contribution in [0.25, 0.3) is 11.5 Å². The molecule has 0 aliphatic rings. The minimum absolute atomic E-state index is 0.00476. The second-order valence-electron chi connectivity index (χ2n) is 2.67. The van der Waals surface area contributed by atoms with E-state index in [0.717, 1.165) is 0 Å². The molecule has 0 bridgehead atoms. The molecule has 0 unspecified atom stereocenters. The lowest BCUT2D eigenvalue weighted by atomic mass is 10.2. The Morgan fingerprint density at radius 2 is 2.27 bits per heavy atom. The molecule has 0 amide bonds. The lowest BCUT2D eigenvalue weighted by molar-refractivity contribution is -0.384. The Balaban J connectivity index is 2.48. The van der Waals surface area contributed by atoms with E-state index in [4.69, 9.17) is 4.42 Å². The third-order valence-corrected chi connectivity index (χ3v) is 2.41. The highest BCUT2D eigenvalue weighted by Gasteiger charge is 2.13. The topological polar surface area (TPSA) is 82.1 Å². The molecule has 0 spiro atoms. The number of hydrogen-bond donors (Lipinski definition) is 0. The van der Waals surface area contributed by atoms with Crippen LogP contribution in [0.2, 0.25) is 0 Å². The average molecular weight is 270 g/mol. The molecule has 0 atom stereocenters. The number of nitrogens with zero attached hydrogens (tertiary/aromatic N) is 3. The minimum atomic E-state index is -0.470. The van der Waals surface area contributed by atoms with Crippen LogP contribution in [0.3, 0.4) is 0 Å². The van der Waals surface area contributed by atoms with Gasteiger partial charge in [0, 0.05) is 16.6 Å². The number of nitro benzene ring substituents is 1. The summed E-state index contributed by atoms with van der Waals surface area (Å²) < 4.78 is 5.52. The van der Waals surface area contributed by atoms with E-state index in [0.29, 0.717) is 15.9 Å². The van der Waals surface area contributed by atoms with Crippen molar-refractivity contribution in [3.05, 3.63) is 39.2 Å². The third-order valence-electron chi connectivity index (χ3n) is 1.75. The lowest BCUT2D eigenvalue weighted by Gasteiger charge is -1.98. The number of benzene rings is 1. The first-order valence-corrected chi connectivity index (χ1v) is 4.68. The maximum atomic E-state index is 10.5. The van der Waals surface area contributed by atoms with Gasteiger partial charge in [0.1, 0.15) is 0 Å². The summed E-state index contributed by atoms with van der Waals surface area (Å²) in [5, 5.41) is 17.7. The Bertz CT molecular complexity index is 498. The van der Waals surface area contributed by atoms with Gasteiger partial charge in [0.2, 0.25) is 12.3 Å². The second-order valence-corrected chi connectivity index (χ2v) is 3.52. The molecule has 0 radical (unpaired) electrons. The summed E-state index contributed by atoms with van der Waals surface area (Å²) >= 11 is 3.20. The number of non-ortho nitro benzene ring substituents is 1. The second kappa shape index (κ2) is 3.77. The van der Waals surface area contributed by atoms with Crippen molar-refractivity contribution >= 4 is 21.6 Å². The predicted octanol–water partition coefficient (Wildman–Crippen LogP) is 2.41. The van der Waals surface area contributed by atoms with Crippen molar-refractivity contribution < 1.29 is 9.34 Å². The Labute approximate surface area is 92.2 Å². The Hall–Kier alpha value is -1.76. The van der Waals surface area contributed by atoms with Crippen LogP contribution in [-0.2, 0) is 0 Å². The van der Waals surface area contributed by atoms with E-state index in [1.165, 1.54) is 18.5 Å². The fraction of sp³-hybridized carbons (Fsp3) is 0. The predicted molar refractivity (Wildman–Crippen MR) is 54.1 cm³/mol. The first-order chi connectivity index (χ1) is 7.18. The SMILES string of the molecule is O=[N+]([O-])c1ccc(-c2nnco2)c(Br)c1. The molecule has 1 aromatic carbocycles. The monoisotopic (exact) mass is 269 g/mol. The number of aromatic nitrogens is 2. The number of halogens is 1. The summed E-state index contributed by atoms with van der Waals surface area (Å²) in [6.45, 7) is 0. The van der Waals surface area contributed by atoms with Crippen molar-refractivity contribution in [3.63, 3.8) is 0 Å². The van der Waals surface area contributed by atoms with E-state index in [2.05, 4.69) is 26.1 Å². The van der Waals surface area contributed by atoms with Crippen LogP contribution in [0.15, 0.2) is 33.5 Å². The maximum absolute atomic E-state index is 10.5. The summed E-state index contributed by atoms with van der Waals surface area (Å²) in [6.07, 6.45) is 1.20. The summed E-state index contributed by atoms with van der Waals surface area (Å²) in [5.74, 6) is 0.316. The highest BCUT2D eigenvalue weighted by molar-refractivity contribution is 9.10. The van der Waals surface area contributed by atoms with Gasteiger partial charge in [0.05, 0.1) is 10.5 Å². The van der Waals surface area contributed by atoms with E-state index in [-0.39, 0.29) is 5.69 Å². The molecule has 0 aliphatic carbocycles. The fourth-order valence-electron chi connectivity index (χ4n) is 1.08. The van der Waals surface area contributed by atoms with Gasteiger partial charge in [-0.3, -0.25) is 10.1 Å². The average Bonchev–Trinajstić information content (AvgIpc) is 2.70. The molecule has 0 aliphatic heterocycles. The van der Waals surface area contributed by atoms with Crippen molar-refractivity contribution in [3.8, 4) is 11.5 Å². The van der Waals surface area contributed by atoms with E-state index in [1.54, 1.807) is 6.07 Å². The van der Waals surface area contributed by atoms with Crippen LogP contribution in [-0.4, -0.2) is 15.1 Å². The molecule has 7 heteroatoms. The zero-order valence-corrected chi connectivity index (χ0v) is 8.84. The van der Waals surface area contributed by atoms with E-state index >= 15 is 0 Å². The van der Waals surface area contributed by atoms with Crippen LogP contribution in [0.4, 0.5) is 5.69 Å². The van der Waals surface area contributed by atoms with Crippen LogP contribution >= 0.6 is 15.9 Å². The molecular formula is C8H4BrN3O3. The number of rotatable bonds is 2. The van der Waals surface area contributed by atoms with Gasteiger partial charge in [0.25, 0.3) is 5.69 Å². The summed E-state index contributed by atoms with van der Waals surface area (Å²) in [6, 6.07) is 4.32. The number of nitro groups is 1. The molecule has 2 aromatic rings. The van der Waals surface area contributed by atoms with Crippen LogP contribution in [0, 0.1) is 10.1 Å². The quantitative estimate of drug-likeness (QED) is 0.618. The van der Waals surface area contributed by atoms with Gasteiger partial charge in [0.15, 0.2) is 0 Å². The van der Waals surface area contributed by atoms with E-state index in [1.807, 2.05) is 0 Å². The standard InChI is InChI=1S/C8H4BrN3O3/c9-7-3-5(12(13)14)1-2-6(7)8-11-10-4-15-8/h1-4H. The highest BCUT2D eigenvalue weighted by Crippen LogP contribution is 2.29. The first-order valence-electron chi connectivity index (χ1n) is 3.89. The Kier molecular flexibility index (Phi) is 2.46. The molecule has 15 heavy (non-hydrogen) atoms. The summed E-state index contributed by atoms with van der Waals surface area (Å²) in [5.41, 5.74) is 0.628. The minimum Gasteiger partial charge on any atom is -0.423 e. The molecule has 0 saturated heterocycles. The lowest BCUT2D eigenvalue weighted by Crippen LogP contribution is -1.88. The van der Waals surface area contributed by atoms with Crippen molar-refractivity contribution in [2.45, 2.75) is 0 Å². The number of hydrogen-bond acceptors (Lipinski definition) is 5. The maximum Gasteiger partial charge on any atom is 0.270 e. The molecular weight excluding hydrogens is 266 g/mol. The molecule has 1 aromatic heterocycles. The van der Waals surface area contributed by atoms with Crippen LogP contribution < -0.4 is 0 Å². The van der Waals surface area contributed by atoms with Gasteiger partial charge in [-0.25, -0.2) is 0 Å². The van der Waals surface area contributed by atoms with Crippen molar-refractivity contribution in [1.82, 2.24) is 10.2 Å². The Morgan fingerprint density at radius 1 is 1.47 bits per heavy atom. The Morgan fingerprint density at radius 3 is 2.80 bits per heavy atom. The van der Waals surface area contributed by atoms with E-state index in [9.17, 15) is 10.1 Å². The molecule has 6 nitrogen and oxygen atoms in total. The normalized spacial score (nSPS) is 10.2. The molecule has 76 valence electrons. The van der Waals surface area contributed by atoms with Crippen molar-refractivity contribution in [2.24, 2.45) is 0 Å². The molecule has 2 rings (SSSR count). The molecule has 0 N–H and O–H groups in total. The summed E-state index contributed by atoms with van der Waals surface area (Å²) in [4.78, 5) is 10.0. The first kappa shape index (κ1) is 9.78. The van der Waals surface area contributed by atoms with Gasteiger partial charge >= 0.3 is 0 Å².